The standard InChI is InChI=1S/C17H17NO.C4H4O4/c1-18-10-14-12-6-2-4-8-16(12)19-17-9-5-3-7-13(17)15(14)11-18;5-3(6)1-2-4(7)8/h2-9,14-15H,10-11H2,1H3;1-2H,(H,5,6)(H,7,8)/b;2-1-/t14-,15+;. The molecule has 2 heterocycles. The molecule has 0 radical (unpaired) electrons. The topological polar surface area (TPSA) is 87.1 Å². The Morgan fingerprint density at radius 3 is 1.70 bits per heavy atom. The van der Waals surface area contributed by atoms with E-state index >= 15 is 0 Å². The molecule has 0 aliphatic carbocycles. The summed E-state index contributed by atoms with van der Waals surface area (Å²) in [6.07, 6.45) is 1.12. The molecule has 0 bridgehead atoms. The van der Waals surface area contributed by atoms with Crippen LogP contribution >= 0.6 is 0 Å². The van der Waals surface area contributed by atoms with Crippen molar-refractivity contribution in [2.24, 2.45) is 0 Å². The summed E-state index contributed by atoms with van der Waals surface area (Å²) in [6.45, 7) is 2.22. The van der Waals surface area contributed by atoms with Gasteiger partial charge >= 0.3 is 11.9 Å². The number of carboxylic acids is 2. The lowest BCUT2D eigenvalue weighted by atomic mass is 9.84. The minimum atomic E-state index is -1.26. The third kappa shape index (κ3) is 4.35. The molecule has 6 heteroatoms. The Bertz CT molecular complexity index is 807. The largest absolute Gasteiger partial charge is 0.478 e. The van der Waals surface area contributed by atoms with Crippen molar-refractivity contribution in [1.29, 1.82) is 0 Å². The Morgan fingerprint density at radius 1 is 0.889 bits per heavy atom. The number of carboxylic acid groups (broad SMARTS) is 2. The molecule has 0 saturated carbocycles. The van der Waals surface area contributed by atoms with Crippen LogP contribution in [0, 0.1) is 0 Å². The van der Waals surface area contributed by atoms with E-state index in [0.717, 1.165) is 24.6 Å². The van der Waals surface area contributed by atoms with Crippen LogP contribution < -0.4 is 4.74 Å². The molecular weight excluding hydrogens is 346 g/mol. The summed E-state index contributed by atoms with van der Waals surface area (Å²) in [5, 5.41) is 15.6. The molecule has 2 aliphatic rings. The highest BCUT2D eigenvalue weighted by atomic mass is 16.5. The lowest BCUT2D eigenvalue weighted by Gasteiger charge is -2.16. The minimum absolute atomic E-state index is 0.546. The van der Waals surface area contributed by atoms with E-state index in [2.05, 4.69) is 60.5 Å². The van der Waals surface area contributed by atoms with Crippen molar-refractivity contribution in [3.8, 4) is 11.5 Å². The number of rotatable bonds is 2. The van der Waals surface area contributed by atoms with E-state index in [1.165, 1.54) is 11.1 Å². The van der Waals surface area contributed by atoms with E-state index in [1.807, 2.05) is 0 Å². The average molecular weight is 367 g/mol. The molecule has 6 nitrogen and oxygen atoms in total. The maximum atomic E-state index is 9.55. The second-order valence-corrected chi connectivity index (χ2v) is 6.62. The van der Waals surface area contributed by atoms with E-state index in [4.69, 9.17) is 14.9 Å². The van der Waals surface area contributed by atoms with Crippen molar-refractivity contribution in [2.75, 3.05) is 20.1 Å². The number of likely N-dealkylation sites (N-methyl/N-ethyl adjacent to an activating group) is 1. The van der Waals surface area contributed by atoms with Gasteiger partial charge in [-0.1, -0.05) is 36.4 Å². The van der Waals surface area contributed by atoms with Crippen LogP contribution in [-0.2, 0) is 9.59 Å². The zero-order valence-corrected chi connectivity index (χ0v) is 14.9. The third-order valence-electron chi connectivity index (χ3n) is 4.73. The number of benzene rings is 2. The van der Waals surface area contributed by atoms with E-state index < -0.39 is 11.9 Å². The van der Waals surface area contributed by atoms with Crippen LogP contribution in [0.1, 0.15) is 23.0 Å². The first-order chi connectivity index (χ1) is 13.0. The first kappa shape index (κ1) is 18.7. The number of hydrogen-bond donors (Lipinski definition) is 2. The monoisotopic (exact) mass is 367 g/mol. The molecule has 4 rings (SSSR count). The van der Waals surface area contributed by atoms with Crippen LogP contribution in [0.15, 0.2) is 60.7 Å². The predicted octanol–water partition coefficient (Wildman–Crippen LogP) is 3.32. The SMILES string of the molecule is CN1C[C@@H]2c3ccccc3Oc3ccccc3[C@@H]2C1.O=C(O)/C=C\C(=O)O. The number of carbonyl (C=O) groups is 2. The Morgan fingerprint density at radius 2 is 1.30 bits per heavy atom. The molecule has 140 valence electrons. The maximum Gasteiger partial charge on any atom is 0.328 e. The van der Waals surface area contributed by atoms with Gasteiger partial charge in [0.1, 0.15) is 11.5 Å². The summed E-state index contributed by atoms with van der Waals surface area (Å²) in [6, 6.07) is 17.0. The Hall–Kier alpha value is -3.12. The molecular formula is C21H21NO5. The zero-order chi connectivity index (χ0) is 19.4. The summed E-state index contributed by atoms with van der Waals surface area (Å²) >= 11 is 0. The summed E-state index contributed by atoms with van der Waals surface area (Å²) in [5.41, 5.74) is 2.71. The Kier molecular flexibility index (Phi) is 5.57. The molecule has 0 amide bonds. The molecule has 2 aliphatic heterocycles. The van der Waals surface area contributed by atoms with Gasteiger partial charge in [-0.05, 0) is 30.3 Å². The number of ether oxygens (including phenoxy) is 1. The number of nitrogens with zero attached hydrogens (tertiary/aromatic N) is 1. The first-order valence-electron chi connectivity index (χ1n) is 8.64. The molecule has 1 fully saturated rings. The van der Waals surface area contributed by atoms with Crippen LogP contribution in [0.4, 0.5) is 0 Å². The number of hydrogen-bond acceptors (Lipinski definition) is 4. The van der Waals surface area contributed by atoms with E-state index in [1.54, 1.807) is 0 Å². The second kappa shape index (κ2) is 8.05. The molecule has 0 aromatic heterocycles. The lowest BCUT2D eigenvalue weighted by molar-refractivity contribution is -0.134. The van der Waals surface area contributed by atoms with Gasteiger partial charge in [0, 0.05) is 37.1 Å². The average Bonchev–Trinajstić information content (AvgIpc) is 2.97. The summed E-state index contributed by atoms with van der Waals surface area (Å²) < 4.78 is 6.16. The first-order valence-corrected chi connectivity index (χ1v) is 8.64. The predicted molar refractivity (Wildman–Crippen MR) is 100 cm³/mol. The molecule has 27 heavy (non-hydrogen) atoms. The smallest absolute Gasteiger partial charge is 0.328 e. The van der Waals surface area contributed by atoms with Crippen molar-refractivity contribution in [1.82, 2.24) is 4.90 Å². The lowest BCUT2D eigenvalue weighted by Crippen LogP contribution is -2.14. The highest BCUT2D eigenvalue weighted by molar-refractivity contribution is 5.89. The maximum absolute atomic E-state index is 9.55. The van der Waals surface area contributed by atoms with Gasteiger partial charge in [0.05, 0.1) is 0 Å². The summed E-state index contributed by atoms with van der Waals surface area (Å²) in [4.78, 5) is 21.5. The fourth-order valence-corrected chi connectivity index (χ4v) is 3.65. The van der Waals surface area contributed by atoms with Crippen molar-refractivity contribution in [3.05, 3.63) is 71.8 Å². The van der Waals surface area contributed by atoms with Gasteiger partial charge in [0.15, 0.2) is 0 Å². The van der Waals surface area contributed by atoms with Crippen LogP contribution in [-0.4, -0.2) is 47.2 Å². The van der Waals surface area contributed by atoms with Gasteiger partial charge in [0.2, 0.25) is 0 Å². The molecule has 2 aromatic carbocycles. The van der Waals surface area contributed by atoms with Crippen LogP contribution in [0.2, 0.25) is 0 Å². The van der Waals surface area contributed by atoms with Crippen molar-refractivity contribution in [3.63, 3.8) is 0 Å². The molecule has 0 unspecified atom stereocenters. The van der Waals surface area contributed by atoms with Gasteiger partial charge in [0.25, 0.3) is 0 Å². The fourth-order valence-electron chi connectivity index (χ4n) is 3.65. The van der Waals surface area contributed by atoms with Crippen LogP contribution in [0.5, 0.6) is 11.5 Å². The highest BCUT2D eigenvalue weighted by Crippen LogP contribution is 2.49. The van der Waals surface area contributed by atoms with Gasteiger partial charge in [-0.3, -0.25) is 0 Å². The highest BCUT2D eigenvalue weighted by Gasteiger charge is 2.38. The normalized spacial score (nSPS) is 20.3. The van der Waals surface area contributed by atoms with Gasteiger partial charge in [-0.15, -0.1) is 0 Å². The van der Waals surface area contributed by atoms with E-state index in [-0.39, 0.29) is 0 Å². The number of para-hydroxylation sites is 2. The molecule has 0 spiro atoms. The van der Waals surface area contributed by atoms with Gasteiger partial charge in [-0.2, -0.15) is 0 Å². The Balaban J connectivity index is 0.000000226. The molecule has 2 aromatic rings. The number of aliphatic carboxylic acids is 2. The van der Waals surface area contributed by atoms with Crippen molar-refractivity contribution < 1.29 is 24.5 Å². The van der Waals surface area contributed by atoms with Crippen LogP contribution in [0.3, 0.4) is 0 Å². The van der Waals surface area contributed by atoms with Crippen molar-refractivity contribution in [2.45, 2.75) is 11.8 Å². The van der Waals surface area contributed by atoms with E-state index in [9.17, 15) is 9.59 Å². The van der Waals surface area contributed by atoms with Gasteiger partial charge < -0.3 is 19.8 Å². The summed E-state index contributed by atoms with van der Waals surface area (Å²) in [7, 11) is 2.21. The molecule has 1 saturated heterocycles. The van der Waals surface area contributed by atoms with E-state index in [0.29, 0.717) is 24.0 Å². The number of fused-ring (bicyclic) bond motifs is 5. The van der Waals surface area contributed by atoms with Crippen molar-refractivity contribution >= 4 is 11.9 Å². The third-order valence-corrected chi connectivity index (χ3v) is 4.73. The fraction of sp³-hybridized carbons (Fsp3) is 0.238. The Labute approximate surface area is 157 Å². The quantitative estimate of drug-likeness (QED) is 0.792. The molecule has 2 atom stereocenters. The molecule has 2 N–H and O–H groups in total. The second-order valence-electron chi connectivity index (χ2n) is 6.62. The zero-order valence-electron chi connectivity index (χ0n) is 14.9. The number of likely N-dealkylation sites (tertiary alicyclic amines) is 1. The summed E-state index contributed by atoms with van der Waals surface area (Å²) in [5.74, 6) is 0.630. The van der Waals surface area contributed by atoms with Crippen LogP contribution in [0.25, 0.3) is 0 Å². The van der Waals surface area contributed by atoms with Gasteiger partial charge in [-0.25, -0.2) is 9.59 Å². The minimum Gasteiger partial charge on any atom is -0.478 e.